The van der Waals surface area contributed by atoms with E-state index in [4.69, 9.17) is 10.5 Å². The molecule has 0 bridgehead atoms. The lowest BCUT2D eigenvalue weighted by Crippen LogP contribution is -2.05. The van der Waals surface area contributed by atoms with Gasteiger partial charge in [0.15, 0.2) is 0 Å². The molecule has 3 aromatic rings. The molecule has 0 aliphatic rings. The van der Waals surface area contributed by atoms with E-state index in [1.54, 1.807) is 48.5 Å². The average Bonchev–Trinajstić information content (AvgIpc) is 2.76. The maximum absolute atomic E-state index is 13.3. The summed E-state index contributed by atoms with van der Waals surface area (Å²) < 4.78 is 39.9. The molecule has 0 fully saturated rings. The van der Waals surface area contributed by atoms with E-state index in [-0.39, 0.29) is 11.1 Å². The van der Waals surface area contributed by atoms with Crippen molar-refractivity contribution in [2.75, 3.05) is 0 Å². The minimum atomic E-state index is -4.53. The van der Waals surface area contributed by atoms with Gasteiger partial charge in [-0.25, -0.2) is 0 Å². The summed E-state index contributed by atoms with van der Waals surface area (Å²) in [6.45, 7) is 0. The van der Waals surface area contributed by atoms with Crippen LogP contribution in [0.3, 0.4) is 0 Å². The van der Waals surface area contributed by atoms with Gasteiger partial charge in [-0.1, -0.05) is 23.7 Å². The second-order valence-electron chi connectivity index (χ2n) is 6.18. The second kappa shape index (κ2) is 8.70. The maximum atomic E-state index is 13.3. The minimum Gasteiger partial charge on any atom is -0.192 e. The van der Waals surface area contributed by atoms with Gasteiger partial charge in [-0.2, -0.15) is 23.7 Å². The first-order valence-corrected chi connectivity index (χ1v) is 8.64. The Bertz CT molecular complexity index is 1190. The highest BCUT2D eigenvalue weighted by molar-refractivity contribution is 5.52. The molecule has 0 radical (unpaired) electrons. The summed E-state index contributed by atoms with van der Waals surface area (Å²) in [5, 5.41) is 17.6. The third-order valence-electron chi connectivity index (χ3n) is 3.99. The lowest BCUT2D eigenvalue weighted by molar-refractivity contribution is -0.137. The van der Waals surface area contributed by atoms with Crippen molar-refractivity contribution in [3.63, 3.8) is 0 Å². The van der Waals surface area contributed by atoms with Crippen molar-refractivity contribution in [1.82, 2.24) is 0 Å². The lowest BCUT2D eigenvalue weighted by Gasteiger charge is -2.07. The van der Waals surface area contributed by atoms with Crippen LogP contribution >= 0.6 is 0 Å². The van der Waals surface area contributed by atoms with Gasteiger partial charge in [-0.3, -0.25) is 0 Å². The molecular weight excluding hydrogens is 385 g/mol. The molecule has 0 aliphatic carbocycles. The van der Waals surface area contributed by atoms with Crippen LogP contribution in [0, 0.1) is 46.3 Å². The van der Waals surface area contributed by atoms with E-state index in [0.717, 1.165) is 12.1 Å². The molecule has 0 aliphatic heterocycles. The summed E-state index contributed by atoms with van der Waals surface area (Å²) in [5.74, 6) is 11.1. The average molecular weight is 396 g/mol. The number of alkyl halides is 3. The first-order chi connectivity index (χ1) is 14.4. The molecular formula is C25H11F3N2. The van der Waals surface area contributed by atoms with Crippen molar-refractivity contribution in [3.05, 3.63) is 106 Å². The van der Waals surface area contributed by atoms with Crippen LogP contribution in [0.2, 0.25) is 0 Å². The van der Waals surface area contributed by atoms with Crippen LogP contribution in [-0.2, 0) is 6.18 Å². The van der Waals surface area contributed by atoms with Gasteiger partial charge in [0.2, 0.25) is 0 Å². The van der Waals surface area contributed by atoms with E-state index in [2.05, 4.69) is 23.7 Å². The van der Waals surface area contributed by atoms with Crippen LogP contribution in [0.4, 0.5) is 13.2 Å². The summed E-state index contributed by atoms with van der Waals surface area (Å²) >= 11 is 0. The Labute approximate surface area is 171 Å². The second-order valence-corrected chi connectivity index (χ2v) is 6.18. The number of nitriles is 2. The van der Waals surface area contributed by atoms with Crippen molar-refractivity contribution in [1.29, 1.82) is 10.5 Å². The topological polar surface area (TPSA) is 47.6 Å². The fourth-order valence-electron chi connectivity index (χ4n) is 2.48. The van der Waals surface area contributed by atoms with Gasteiger partial charge in [0.25, 0.3) is 0 Å². The third-order valence-corrected chi connectivity index (χ3v) is 3.99. The fraction of sp³-hybridized carbons (Fsp3) is 0.0400. The van der Waals surface area contributed by atoms with Crippen molar-refractivity contribution in [3.8, 4) is 35.8 Å². The van der Waals surface area contributed by atoms with E-state index in [9.17, 15) is 13.2 Å². The molecule has 3 aromatic carbocycles. The Hall–Kier alpha value is -4.45. The number of halogens is 3. The van der Waals surface area contributed by atoms with Gasteiger partial charge >= 0.3 is 6.18 Å². The Morgan fingerprint density at radius 1 is 0.500 bits per heavy atom. The first kappa shape index (κ1) is 20.3. The monoisotopic (exact) mass is 396 g/mol. The molecule has 0 aromatic heterocycles. The summed E-state index contributed by atoms with van der Waals surface area (Å²) in [6, 6.07) is 20.3. The summed E-state index contributed by atoms with van der Waals surface area (Å²) in [6.07, 6.45) is -4.53. The largest absolute Gasteiger partial charge is 0.416 e. The smallest absolute Gasteiger partial charge is 0.192 e. The Morgan fingerprint density at radius 3 is 1.17 bits per heavy atom. The molecule has 2 nitrogen and oxygen atoms in total. The van der Waals surface area contributed by atoms with Gasteiger partial charge in [-0.15, -0.1) is 0 Å². The fourth-order valence-corrected chi connectivity index (χ4v) is 2.48. The van der Waals surface area contributed by atoms with Crippen LogP contribution in [0.25, 0.3) is 0 Å². The SMILES string of the molecule is N#Cc1ccc(C#Cc2cc(C#Cc3ccc(C#N)cc3)cc(C(F)(F)F)c2)cc1. The lowest BCUT2D eigenvalue weighted by atomic mass is 10.0. The minimum absolute atomic E-state index is 0.179. The summed E-state index contributed by atoms with van der Waals surface area (Å²) in [4.78, 5) is 0. The van der Waals surface area contributed by atoms with E-state index in [1.165, 1.54) is 6.07 Å². The van der Waals surface area contributed by atoms with Gasteiger partial charge < -0.3 is 0 Å². The van der Waals surface area contributed by atoms with E-state index < -0.39 is 11.7 Å². The number of hydrogen-bond acceptors (Lipinski definition) is 2. The Balaban J connectivity index is 1.97. The van der Waals surface area contributed by atoms with Crippen LogP contribution < -0.4 is 0 Å². The highest BCUT2D eigenvalue weighted by Gasteiger charge is 2.31. The molecule has 0 saturated carbocycles. The van der Waals surface area contributed by atoms with Crippen LogP contribution in [0.1, 0.15) is 38.9 Å². The molecule has 0 N–H and O–H groups in total. The predicted molar refractivity (Wildman–Crippen MR) is 106 cm³/mol. The quantitative estimate of drug-likeness (QED) is 0.488. The molecule has 0 heterocycles. The zero-order valence-corrected chi connectivity index (χ0v) is 15.4. The Morgan fingerprint density at radius 2 is 0.833 bits per heavy atom. The molecule has 0 spiro atoms. The van der Waals surface area contributed by atoms with Crippen molar-refractivity contribution in [2.45, 2.75) is 6.18 Å². The van der Waals surface area contributed by atoms with E-state index >= 15 is 0 Å². The Kier molecular flexibility index (Phi) is 5.89. The first-order valence-electron chi connectivity index (χ1n) is 8.64. The van der Waals surface area contributed by atoms with Crippen molar-refractivity contribution < 1.29 is 13.2 Å². The molecule has 5 heteroatoms. The van der Waals surface area contributed by atoms with Gasteiger partial charge in [0.1, 0.15) is 0 Å². The van der Waals surface area contributed by atoms with Gasteiger partial charge in [0, 0.05) is 22.3 Å². The molecule has 0 amide bonds. The normalized spacial score (nSPS) is 9.90. The van der Waals surface area contributed by atoms with Gasteiger partial charge in [0.05, 0.1) is 28.8 Å². The molecule has 0 atom stereocenters. The summed E-state index contributed by atoms with van der Waals surface area (Å²) in [7, 11) is 0. The number of nitrogens with zero attached hydrogens (tertiary/aromatic N) is 2. The van der Waals surface area contributed by atoms with Crippen LogP contribution in [-0.4, -0.2) is 0 Å². The van der Waals surface area contributed by atoms with E-state index in [1.807, 2.05) is 12.1 Å². The van der Waals surface area contributed by atoms with Gasteiger partial charge in [-0.05, 0) is 66.7 Å². The number of benzene rings is 3. The summed E-state index contributed by atoms with van der Waals surface area (Å²) in [5.41, 5.74) is 1.63. The molecule has 30 heavy (non-hydrogen) atoms. The molecule has 0 unspecified atom stereocenters. The van der Waals surface area contributed by atoms with Crippen LogP contribution in [0.5, 0.6) is 0 Å². The van der Waals surface area contributed by atoms with Crippen LogP contribution in [0.15, 0.2) is 66.7 Å². The molecule has 3 rings (SSSR count). The highest BCUT2D eigenvalue weighted by atomic mass is 19.4. The number of rotatable bonds is 0. The zero-order valence-electron chi connectivity index (χ0n) is 15.4. The van der Waals surface area contributed by atoms with Crippen molar-refractivity contribution >= 4 is 0 Å². The molecule has 0 saturated heterocycles. The predicted octanol–water partition coefficient (Wildman–Crippen LogP) is 5.25. The molecule has 142 valence electrons. The van der Waals surface area contributed by atoms with E-state index in [0.29, 0.717) is 22.3 Å². The zero-order chi connectivity index (χ0) is 21.6. The third kappa shape index (κ3) is 5.30. The van der Waals surface area contributed by atoms with Crippen molar-refractivity contribution in [2.24, 2.45) is 0 Å². The number of hydrogen-bond donors (Lipinski definition) is 0. The standard InChI is InChI=1S/C25H11F3N2/c26-25(27,28)24-14-22(11-5-18-1-7-20(16-29)8-2-18)13-23(15-24)12-6-19-3-9-21(17-30)10-4-19/h1-4,7-10,13-15H. The highest BCUT2D eigenvalue weighted by Crippen LogP contribution is 2.30. The maximum Gasteiger partial charge on any atom is 0.416 e.